The quantitative estimate of drug-likeness (QED) is 0.769. The van der Waals surface area contributed by atoms with Gasteiger partial charge in [-0.15, -0.1) is 0 Å². The smallest absolute Gasteiger partial charge is 0.147 e. The van der Waals surface area contributed by atoms with Gasteiger partial charge in [-0.25, -0.2) is 0 Å². The van der Waals surface area contributed by atoms with E-state index in [1.54, 1.807) is 6.92 Å². The van der Waals surface area contributed by atoms with Crippen LogP contribution in [0.2, 0.25) is 0 Å². The molecule has 0 amide bonds. The summed E-state index contributed by atoms with van der Waals surface area (Å²) in [7, 11) is 0. The zero-order valence-corrected chi connectivity index (χ0v) is 11.4. The number of hydrogen-bond acceptors (Lipinski definition) is 1. The van der Waals surface area contributed by atoms with E-state index >= 15 is 0 Å². The lowest BCUT2D eigenvalue weighted by molar-refractivity contribution is -0.116. The second-order valence-corrected chi connectivity index (χ2v) is 4.95. The highest BCUT2D eigenvalue weighted by Gasteiger charge is 2.15. The first-order chi connectivity index (χ1) is 6.56. The summed E-state index contributed by atoms with van der Waals surface area (Å²) in [6.45, 7) is 3.69. The molecular formula is C11H12Br2O. The molecule has 1 aromatic carbocycles. The van der Waals surface area contributed by atoms with Gasteiger partial charge in [-0.2, -0.15) is 0 Å². The Hall–Kier alpha value is -0.150. The molecule has 0 aliphatic heterocycles. The van der Waals surface area contributed by atoms with Crippen LogP contribution in [0.5, 0.6) is 0 Å². The van der Waals surface area contributed by atoms with E-state index in [0.29, 0.717) is 0 Å². The molecule has 0 aromatic heterocycles. The van der Waals surface area contributed by atoms with Crippen LogP contribution in [0, 0.1) is 0 Å². The third kappa shape index (κ3) is 2.67. The molecule has 0 heterocycles. The fraction of sp³-hybridized carbons (Fsp3) is 0.364. The number of halogens is 2. The Morgan fingerprint density at radius 1 is 1.50 bits per heavy atom. The van der Waals surface area contributed by atoms with Crippen LogP contribution >= 0.6 is 31.9 Å². The zero-order valence-electron chi connectivity index (χ0n) is 8.18. The lowest BCUT2D eigenvalue weighted by Gasteiger charge is -2.09. The highest BCUT2D eigenvalue weighted by molar-refractivity contribution is 9.11. The van der Waals surface area contributed by atoms with Crippen molar-refractivity contribution in [1.29, 1.82) is 0 Å². The summed E-state index contributed by atoms with van der Waals surface area (Å²) in [5.74, 6) is 0.120. The minimum Gasteiger partial charge on any atom is -0.298 e. The molecule has 1 rings (SSSR count). The number of hydrogen-bond donors (Lipinski definition) is 0. The van der Waals surface area contributed by atoms with Crippen LogP contribution in [-0.2, 0) is 11.2 Å². The van der Waals surface area contributed by atoms with E-state index < -0.39 is 0 Å². The van der Waals surface area contributed by atoms with Gasteiger partial charge in [-0.3, -0.25) is 4.79 Å². The molecule has 1 nitrogen and oxygen atoms in total. The number of carbonyl (C=O) groups is 1. The lowest BCUT2D eigenvalue weighted by Crippen LogP contribution is -2.02. The molecule has 14 heavy (non-hydrogen) atoms. The van der Waals surface area contributed by atoms with Crippen molar-refractivity contribution in [2.24, 2.45) is 0 Å². The van der Waals surface area contributed by atoms with Crippen LogP contribution in [-0.4, -0.2) is 5.78 Å². The summed E-state index contributed by atoms with van der Waals surface area (Å²) < 4.78 is 0.994. The Morgan fingerprint density at radius 2 is 2.14 bits per heavy atom. The molecule has 0 bridgehead atoms. The van der Waals surface area contributed by atoms with Crippen LogP contribution in [0.1, 0.15) is 29.8 Å². The van der Waals surface area contributed by atoms with Crippen molar-refractivity contribution in [1.82, 2.24) is 0 Å². The summed E-state index contributed by atoms with van der Waals surface area (Å²) in [6, 6.07) is 6.10. The monoisotopic (exact) mass is 318 g/mol. The summed E-state index contributed by atoms with van der Waals surface area (Å²) in [6.07, 6.45) is 1.01. The molecule has 1 atom stereocenters. The maximum Gasteiger partial charge on any atom is 0.147 e. The van der Waals surface area contributed by atoms with Crippen LogP contribution in [0.15, 0.2) is 22.7 Å². The van der Waals surface area contributed by atoms with E-state index in [9.17, 15) is 4.79 Å². The van der Waals surface area contributed by atoms with Gasteiger partial charge < -0.3 is 0 Å². The molecule has 0 N–H and O–H groups in total. The molecule has 3 heteroatoms. The third-order valence-electron chi connectivity index (χ3n) is 2.10. The maximum absolute atomic E-state index is 11.2. The minimum atomic E-state index is -0.206. The Bertz CT molecular complexity index is 347. The number of aryl methyl sites for hydroxylation is 1. The van der Waals surface area contributed by atoms with Crippen molar-refractivity contribution < 1.29 is 4.79 Å². The highest BCUT2D eigenvalue weighted by atomic mass is 79.9. The molecule has 0 saturated carbocycles. The van der Waals surface area contributed by atoms with Gasteiger partial charge >= 0.3 is 0 Å². The van der Waals surface area contributed by atoms with E-state index in [2.05, 4.69) is 50.9 Å². The highest BCUT2D eigenvalue weighted by Crippen LogP contribution is 2.31. The molecule has 0 spiro atoms. The Morgan fingerprint density at radius 3 is 2.57 bits per heavy atom. The maximum atomic E-state index is 11.2. The predicted molar refractivity (Wildman–Crippen MR) is 65.9 cm³/mol. The van der Waals surface area contributed by atoms with Crippen molar-refractivity contribution in [3.05, 3.63) is 33.8 Å². The molecule has 76 valence electrons. The van der Waals surface area contributed by atoms with E-state index in [4.69, 9.17) is 0 Å². The number of ketones is 1. The van der Waals surface area contributed by atoms with Gasteiger partial charge in [0.25, 0.3) is 0 Å². The fourth-order valence-electron chi connectivity index (χ4n) is 1.22. The van der Waals surface area contributed by atoms with Crippen molar-refractivity contribution in [3.8, 4) is 0 Å². The van der Waals surface area contributed by atoms with Gasteiger partial charge in [0.2, 0.25) is 0 Å². The SMILES string of the molecule is CCc1ccc(C(Br)C(C)=O)c(Br)c1. The molecule has 1 unspecified atom stereocenters. The second-order valence-electron chi connectivity index (χ2n) is 3.18. The first kappa shape index (κ1) is 11.9. The van der Waals surface area contributed by atoms with Crippen LogP contribution in [0.25, 0.3) is 0 Å². The van der Waals surface area contributed by atoms with E-state index in [-0.39, 0.29) is 10.6 Å². The summed E-state index contributed by atoms with van der Waals surface area (Å²) in [5.41, 5.74) is 2.26. The third-order valence-corrected chi connectivity index (χ3v) is 3.93. The number of alkyl halides is 1. The van der Waals surface area contributed by atoms with Crippen molar-refractivity contribution in [3.63, 3.8) is 0 Å². The molecule has 0 radical (unpaired) electrons. The van der Waals surface area contributed by atoms with E-state index in [0.717, 1.165) is 16.5 Å². The van der Waals surface area contributed by atoms with Gasteiger partial charge in [0.1, 0.15) is 5.78 Å². The standard InChI is InChI=1S/C11H12Br2O/c1-3-8-4-5-9(10(12)6-8)11(13)7(2)14/h4-6,11H,3H2,1-2H3. The van der Waals surface area contributed by atoms with Crippen molar-refractivity contribution in [2.75, 3.05) is 0 Å². The molecule has 0 aliphatic rings. The molecule has 1 aromatic rings. The Kier molecular flexibility index (Phi) is 4.32. The average molecular weight is 320 g/mol. The van der Waals surface area contributed by atoms with Crippen molar-refractivity contribution in [2.45, 2.75) is 25.1 Å². The van der Waals surface area contributed by atoms with Gasteiger partial charge in [0.05, 0.1) is 4.83 Å². The first-order valence-electron chi connectivity index (χ1n) is 4.49. The molecule has 0 fully saturated rings. The number of Topliss-reactive ketones (excluding diaryl/α,β-unsaturated/α-hetero) is 1. The van der Waals surface area contributed by atoms with Crippen LogP contribution in [0.3, 0.4) is 0 Å². The van der Waals surface area contributed by atoms with E-state index in [1.807, 2.05) is 6.07 Å². The lowest BCUT2D eigenvalue weighted by atomic mass is 10.1. The fourth-order valence-corrected chi connectivity index (χ4v) is 2.58. The minimum absolute atomic E-state index is 0.120. The summed E-state index contributed by atoms with van der Waals surface area (Å²) in [4.78, 5) is 11.0. The van der Waals surface area contributed by atoms with Gasteiger partial charge in [-0.1, -0.05) is 50.9 Å². The average Bonchev–Trinajstić information content (AvgIpc) is 2.16. The van der Waals surface area contributed by atoms with Gasteiger partial charge in [0, 0.05) is 4.47 Å². The van der Waals surface area contributed by atoms with Crippen LogP contribution in [0.4, 0.5) is 0 Å². The second kappa shape index (κ2) is 5.08. The first-order valence-corrected chi connectivity index (χ1v) is 6.20. The number of rotatable bonds is 3. The van der Waals surface area contributed by atoms with Gasteiger partial charge in [0.15, 0.2) is 0 Å². The molecule has 0 aliphatic carbocycles. The summed E-state index contributed by atoms with van der Waals surface area (Å²) in [5, 5.41) is 0. The Labute approximate surface area is 101 Å². The number of benzene rings is 1. The van der Waals surface area contributed by atoms with Gasteiger partial charge in [-0.05, 0) is 30.5 Å². The topological polar surface area (TPSA) is 17.1 Å². The zero-order chi connectivity index (χ0) is 10.7. The Balaban J connectivity index is 3.05. The largest absolute Gasteiger partial charge is 0.298 e. The summed E-state index contributed by atoms with van der Waals surface area (Å²) >= 11 is 6.84. The molecular weight excluding hydrogens is 308 g/mol. The van der Waals surface area contributed by atoms with Crippen molar-refractivity contribution >= 4 is 37.6 Å². The molecule has 0 saturated heterocycles. The van der Waals surface area contributed by atoms with E-state index in [1.165, 1.54) is 5.56 Å². The number of carbonyl (C=O) groups excluding carboxylic acids is 1. The van der Waals surface area contributed by atoms with Crippen LogP contribution < -0.4 is 0 Å². The normalized spacial score (nSPS) is 12.6. The predicted octanol–water partition coefficient (Wildman–Crippen LogP) is 4.04.